The Morgan fingerprint density at radius 3 is 2.63 bits per heavy atom. The SMILES string of the molecule is CC/C(=N/N=C(\C)c1ccnn1CC)OCc1c(C)cccc1-n1nnn(C)c1=O. The van der Waals surface area contributed by atoms with Crippen molar-refractivity contribution in [1.82, 2.24) is 29.6 Å². The summed E-state index contributed by atoms with van der Waals surface area (Å²) < 4.78 is 10.3. The molecule has 0 aliphatic carbocycles. The number of nitrogens with zero attached hydrogens (tertiary/aromatic N) is 8. The maximum absolute atomic E-state index is 12.3. The Hall–Kier alpha value is -3.56. The van der Waals surface area contributed by atoms with Crippen LogP contribution in [0.3, 0.4) is 0 Å². The zero-order valence-electron chi connectivity index (χ0n) is 17.9. The second kappa shape index (κ2) is 9.29. The zero-order valence-corrected chi connectivity index (χ0v) is 17.9. The largest absolute Gasteiger partial charge is 0.475 e. The summed E-state index contributed by atoms with van der Waals surface area (Å²) in [6.45, 7) is 8.81. The number of aryl methyl sites for hydroxylation is 3. The number of ether oxygens (including phenoxy) is 1. The van der Waals surface area contributed by atoms with Crippen molar-refractivity contribution in [3.8, 4) is 5.69 Å². The monoisotopic (exact) mass is 410 g/mol. The average Bonchev–Trinajstić information content (AvgIpc) is 3.35. The van der Waals surface area contributed by atoms with Gasteiger partial charge in [-0.15, -0.1) is 5.10 Å². The Morgan fingerprint density at radius 1 is 1.17 bits per heavy atom. The Bertz CT molecular complexity index is 1140. The van der Waals surface area contributed by atoms with Gasteiger partial charge in [0.05, 0.1) is 17.1 Å². The minimum Gasteiger partial charge on any atom is -0.475 e. The van der Waals surface area contributed by atoms with Crippen LogP contribution in [0.25, 0.3) is 5.69 Å². The third kappa shape index (κ3) is 4.37. The van der Waals surface area contributed by atoms with E-state index in [-0.39, 0.29) is 12.3 Å². The summed E-state index contributed by atoms with van der Waals surface area (Å²) in [5.74, 6) is 0.498. The summed E-state index contributed by atoms with van der Waals surface area (Å²) in [6.07, 6.45) is 2.32. The third-order valence-corrected chi connectivity index (χ3v) is 4.72. The lowest BCUT2D eigenvalue weighted by Crippen LogP contribution is -2.23. The number of rotatable bonds is 7. The first-order chi connectivity index (χ1) is 14.5. The van der Waals surface area contributed by atoms with Gasteiger partial charge < -0.3 is 4.74 Å². The first kappa shape index (κ1) is 21.2. The van der Waals surface area contributed by atoms with Crippen LogP contribution in [-0.4, -0.2) is 41.2 Å². The fourth-order valence-corrected chi connectivity index (χ4v) is 2.97. The van der Waals surface area contributed by atoms with Crippen molar-refractivity contribution in [2.45, 2.75) is 47.3 Å². The lowest BCUT2D eigenvalue weighted by atomic mass is 10.1. The highest BCUT2D eigenvalue weighted by atomic mass is 16.5. The molecule has 0 saturated heterocycles. The first-order valence-corrected chi connectivity index (χ1v) is 9.80. The molecule has 2 heterocycles. The molecule has 0 fully saturated rings. The zero-order chi connectivity index (χ0) is 21.7. The fourth-order valence-electron chi connectivity index (χ4n) is 2.97. The van der Waals surface area contributed by atoms with Gasteiger partial charge in [0.2, 0.25) is 5.90 Å². The molecule has 2 aromatic heterocycles. The minimum absolute atomic E-state index is 0.235. The summed E-state index contributed by atoms with van der Waals surface area (Å²) in [6, 6.07) is 7.55. The van der Waals surface area contributed by atoms with Crippen LogP contribution >= 0.6 is 0 Å². The van der Waals surface area contributed by atoms with E-state index in [4.69, 9.17) is 4.74 Å². The topological polar surface area (TPSA) is 104 Å². The van der Waals surface area contributed by atoms with E-state index in [2.05, 4.69) is 25.7 Å². The van der Waals surface area contributed by atoms with Gasteiger partial charge in [-0.05, 0) is 48.9 Å². The van der Waals surface area contributed by atoms with Crippen molar-refractivity contribution in [2.75, 3.05) is 0 Å². The molecule has 0 saturated carbocycles. The Balaban J connectivity index is 1.83. The highest BCUT2D eigenvalue weighted by Crippen LogP contribution is 2.18. The van der Waals surface area contributed by atoms with Crippen LogP contribution < -0.4 is 5.69 Å². The second-order valence-electron chi connectivity index (χ2n) is 6.72. The van der Waals surface area contributed by atoms with Gasteiger partial charge in [0.1, 0.15) is 6.61 Å². The van der Waals surface area contributed by atoms with Crippen LogP contribution in [0.5, 0.6) is 0 Å². The van der Waals surface area contributed by atoms with E-state index in [9.17, 15) is 4.79 Å². The van der Waals surface area contributed by atoms with Crippen molar-refractivity contribution >= 4 is 11.6 Å². The number of benzene rings is 1. The molecular weight excluding hydrogens is 384 g/mol. The molecule has 158 valence electrons. The molecule has 0 unspecified atom stereocenters. The van der Waals surface area contributed by atoms with Gasteiger partial charge in [0, 0.05) is 31.8 Å². The van der Waals surface area contributed by atoms with Crippen LogP contribution in [0.4, 0.5) is 0 Å². The molecule has 0 radical (unpaired) electrons. The van der Waals surface area contributed by atoms with E-state index in [1.165, 1.54) is 9.36 Å². The van der Waals surface area contributed by atoms with Crippen LogP contribution in [-0.2, 0) is 24.9 Å². The van der Waals surface area contributed by atoms with Crippen molar-refractivity contribution in [1.29, 1.82) is 0 Å². The first-order valence-electron chi connectivity index (χ1n) is 9.80. The molecule has 30 heavy (non-hydrogen) atoms. The molecule has 0 bridgehead atoms. The standard InChI is InChI=1S/C20H26N8O2/c1-6-19(23-22-15(4)17-11-12-21-27(17)7-2)30-13-16-14(3)9-8-10-18(16)28-20(29)26(5)24-25-28/h8-12H,6-7,13H2,1-5H3/b22-15+,23-19-. The van der Waals surface area contributed by atoms with Gasteiger partial charge in [-0.2, -0.15) is 19.6 Å². The van der Waals surface area contributed by atoms with Crippen LogP contribution in [0.2, 0.25) is 0 Å². The third-order valence-electron chi connectivity index (χ3n) is 4.72. The van der Waals surface area contributed by atoms with Crippen molar-refractivity contribution in [2.24, 2.45) is 17.3 Å². The molecule has 0 aliphatic heterocycles. The molecule has 0 spiro atoms. The van der Waals surface area contributed by atoms with Crippen molar-refractivity contribution in [3.63, 3.8) is 0 Å². The predicted octanol–water partition coefficient (Wildman–Crippen LogP) is 2.24. The summed E-state index contributed by atoms with van der Waals surface area (Å²) in [7, 11) is 1.56. The Labute approximate surface area is 174 Å². The Morgan fingerprint density at radius 2 is 1.97 bits per heavy atom. The molecule has 10 heteroatoms. The lowest BCUT2D eigenvalue weighted by Gasteiger charge is -2.13. The summed E-state index contributed by atoms with van der Waals surface area (Å²) in [5.41, 5.74) is 3.80. The van der Waals surface area contributed by atoms with Gasteiger partial charge in [0.15, 0.2) is 0 Å². The highest BCUT2D eigenvalue weighted by molar-refractivity contribution is 5.97. The van der Waals surface area contributed by atoms with Crippen molar-refractivity contribution in [3.05, 3.63) is 57.8 Å². The maximum Gasteiger partial charge on any atom is 0.368 e. The van der Waals surface area contributed by atoms with Crippen LogP contribution in [0.15, 0.2) is 45.5 Å². The predicted molar refractivity (Wildman–Crippen MR) is 114 cm³/mol. The molecule has 0 atom stereocenters. The Kier molecular flexibility index (Phi) is 6.55. The quantitative estimate of drug-likeness (QED) is 0.337. The summed E-state index contributed by atoms with van der Waals surface area (Å²) >= 11 is 0. The van der Waals surface area contributed by atoms with Crippen LogP contribution in [0.1, 0.15) is 44.0 Å². The molecule has 1 aromatic carbocycles. The van der Waals surface area contributed by atoms with Crippen LogP contribution in [0, 0.1) is 6.92 Å². The van der Waals surface area contributed by atoms with E-state index in [1.807, 2.05) is 56.6 Å². The van der Waals surface area contributed by atoms with E-state index < -0.39 is 0 Å². The fraction of sp³-hybridized carbons (Fsp3) is 0.400. The van der Waals surface area contributed by atoms with Gasteiger partial charge in [-0.1, -0.05) is 19.1 Å². The van der Waals surface area contributed by atoms with Gasteiger partial charge in [-0.3, -0.25) is 4.68 Å². The van der Waals surface area contributed by atoms with E-state index in [0.717, 1.165) is 29.1 Å². The lowest BCUT2D eigenvalue weighted by molar-refractivity contribution is 0.282. The van der Waals surface area contributed by atoms with E-state index in [0.29, 0.717) is 18.0 Å². The minimum atomic E-state index is -0.320. The number of tetrazole rings is 1. The molecule has 3 aromatic rings. The molecule has 0 aliphatic rings. The van der Waals surface area contributed by atoms with E-state index in [1.54, 1.807) is 13.2 Å². The second-order valence-corrected chi connectivity index (χ2v) is 6.72. The summed E-state index contributed by atoms with van der Waals surface area (Å²) in [4.78, 5) is 12.3. The number of hydrogen-bond donors (Lipinski definition) is 0. The molecule has 3 rings (SSSR count). The molecular formula is C20H26N8O2. The molecule has 0 amide bonds. The van der Waals surface area contributed by atoms with E-state index >= 15 is 0 Å². The number of hydrogen-bond acceptors (Lipinski definition) is 7. The van der Waals surface area contributed by atoms with Gasteiger partial charge in [-0.25, -0.2) is 4.79 Å². The normalized spacial score (nSPS) is 12.4. The van der Waals surface area contributed by atoms with Gasteiger partial charge >= 0.3 is 5.69 Å². The maximum atomic E-state index is 12.3. The smallest absolute Gasteiger partial charge is 0.368 e. The van der Waals surface area contributed by atoms with Crippen molar-refractivity contribution < 1.29 is 4.74 Å². The molecule has 10 nitrogen and oxygen atoms in total. The van der Waals surface area contributed by atoms with Gasteiger partial charge in [0.25, 0.3) is 0 Å². The number of aromatic nitrogens is 6. The molecule has 0 N–H and O–H groups in total. The summed E-state index contributed by atoms with van der Waals surface area (Å²) in [5, 5.41) is 20.6. The average molecular weight is 410 g/mol. The highest BCUT2D eigenvalue weighted by Gasteiger charge is 2.14.